The molecule has 0 radical (unpaired) electrons. The number of halogens is 4. The number of benzene rings is 2. The van der Waals surface area contributed by atoms with E-state index in [1.165, 1.54) is 6.07 Å². The van der Waals surface area contributed by atoms with Crippen LogP contribution in [0.5, 0.6) is 0 Å². The van der Waals surface area contributed by atoms with Crippen molar-refractivity contribution in [1.82, 2.24) is 0 Å². The van der Waals surface area contributed by atoms with Gasteiger partial charge in [-0.25, -0.2) is 8.78 Å². The lowest BCUT2D eigenvalue weighted by Crippen LogP contribution is -2.10. The van der Waals surface area contributed by atoms with Crippen molar-refractivity contribution in [2.75, 3.05) is 0 Å². The average Bonchev–Trinajstić information content (AvgIpc) is 2.42. The normalized spacial score (nSPS) is 10.6. The molecule has 0 bridgehead atoms. The maximum atomic E-state index is 13.8. The fourth-order valence-electron chi connectivity index (χ4n) is 1.84. The molecule has 0 atom stereocenters. The van der Waals surface area contributed by atoms with Gasteiger partial charge in [-0.1, -0.05) is 29.8 Å². The molecular weight excluding hydrogens is 350 g/mol. The second kappa shape index (κ2) is 6.46. The Morgan fingerprint density at radius 1 is 1.10 bits per heavy atom. The second-order valence-corrected chi connectivity index (χ2v) is 5.57. The molecule has 0 aliphatic rings. The largest absolute Gasteiger partial charge is 0.299 e. The number of carbonyl (C=O) groups excluding carboxylic acids is 1. The molecule has 0 aliphatic carbocycles. The van der Waals surface area contributed by atoms with E-state index in [4.69, 9.17) is 11.6 Å². The van der Waals surface area contributed by atoms with Crippen LogP contribution in [0.4, 0.5) is 8.78 Å². The number of hydrogen-bond donors (Lipinski definition) is 0. The van der Waals surface area contributed by atoms with Gasteiger partial charge >= 0.3 is 0 Å². The highest BCUT2D eigenvalue weighted by Gasteiger charge is 2.16. The first kappa shape index (κ1) is 15.1. The van der Waals surface area contributed by atoms with Gasteiger partial charge in [-0.3, -0.25) is 4.79 Å². The summed E-state index contributed by atoms with van der Waals surface area (Å²) in [5.41, 5.74) is 0.423. The smallest absolute Gasteiger partial charge is 0.143 e. The van der Waals surface area contributed by atoms with Gasteiger partial charge in [-0.2, -0.15) is 0 Å². The van der Waals surface area contributed by atoms with Gasteiger partial charge in [0.05, 0.1) is 4.47 Å². The molecule has 0 aromatic heterocycles. The molecule has 0 fully saturated rings. The van der Waals surface area contributed by atoms with Gasteiger partial charge in [0.15, 0.2) is 0 Å². The van der Waals surface area contributed by atoms with Crippen LogP contribution in [-0.4, -0.2) is 5.78 Å². The van der Waals surface area contributed by atoms with Crippen molar-refractivity contribution in [3.63, 3.8) is 0 Å². The van der Waals surface area contributed by atoms with Crippen molar-refractivity contribution in [1.29, 1.82) is 0 Å². The SMILES string of the molecule is O=C(Cc1ccccc1Cl)Cc1c(F)ccc(Br)c1F. The molecule has 0 N–H and O–H groups in total. The molecule has 0 heterocycles. The Bertz CT molecular complexity index is 658. The Morgan fingerprint density at radius 2 is 1.80 bits per heavy atom. The summed E-state index contributed by atoms with van der Waals surface area (Å²) < 4.78 is 27.5. The monoisotopic (exact) mass is 358 g/mol. The molecular formula is C15H10BrClF2O. The van der Waals surface area contributed by atoms with Gasteiger partial charge in [0.25, 0.3) is 0 Å². The zero-order valence-corrected chi connectivity index (χ0v) is 12.6. The fraction of sp³-hybridized carbons (Fsp3) is 0.133. The van der Waals surface area contributed by atoms with E-state index in [0.717, 1.165) is 6.07 Å². The maximum Gasteiger partial charge on any atom is 0.143 e. The van der Waals surface area contributed by atoms with Crippen molar-refractivity contribution >= 4 is 33.3 Å². The first-order valence-corrected chi connectivity index (χ1v) is 7.03. The molecule has 2 aromatic carbocycles. The first-order valence-electron chi connectivity index (χ1n) is 5.86. The van der Waals surface area contributed by atoms with E-state index in [2.05, 4.69) is 15.9 Å². The molecule has 20 heavy (non-hydrogen) atoms. The lowest BCUT2D eigenvalue weighted by molar-refractivity contribution is -0.117. The van der Waals surface area contributed by atoms with Crippen LogP contribution in [0.1, 0.15) is 11.1 Å². The van der Waals surface area contributed by atoms with Crippen molar-refractivity contribution in [2.45, 2.75) is 12.8 Å². The molecule has 2 rings (SSSR count). The van der Waals surface area contributed by atoms with Crippen LogP contribution in [-0.2, 0) is 17.6 Å². The zero-order chi connectivity index (χ0) is 14.7. The summed E-state index contributed by atoms with van der Waals surface area (Å²) in [4.78, 5) is 11.9. The van der Waals surface area contributed by atoms with Crippen molar-refractivity contribution in [2.24, 2.45) is 0 Å². The lowest BCUT2D eigenvalue weighted by atomic mass is 10.0. The predicted molar refractivity (Wildman–Crippen MR) is 77.9 cm³/mol. The van der Waals surface area contributed by atoms with Gasteiger partial charge in [-0.15, -0.1) is 0 Å². The molecule has 1 nitrogen and oxygen atoms in total. The number of rotatable bonds is 4. The van der Waals surface area contributed by atoms with Crippen LogP contribution in [0.25, 0.3) is 0 Å². The topological polar surface area (TPSA) is 17.1 Å². The molecule has 2 aromatic rings. The van der Waals surface area contributed by atoms with Gasteiger partial charge in [0.1, 0.15) is 17.4 Å². The third-order valence-corrected chi connectivity index (χ3v) is 3.84. The van der Waals surface area contributed by atoms with E-state index in [9.17, 15) is 13.6 Å². The summed E-state index contributed by atoms with van der Waals surface area (Å²) >= 11 is 8.93. The fourth-order valence-corrected chi connectivity index (χ4v) is 2.42. The van der Waals surface area contributed by atoms with E-state index in [-0.39, 0.29) is 28.7 Å². The Balaban J connectivity index is 2.17. The molecule has 0 saturated heterocycles. The molecule has 0 saturated carbocycles. The number of ketones is 1. The molecule has 0 unspecified atom stereocenters. The maximum absolute atomic E-state index is 13.8. The zero-order valence-electron chi connectivity index (χ0n) is 10.3. The van der Waals surface area contributed by atoms with Gasteiger partial charge in [-0.05, 0) is 39.7 Å². The van der Waals surface area contributed by atoms with E-state index in [0.29, 0.717) is 10.6 Å². The molecule has 5 heteroatoms. The third-order valence-electron chi connectivity index (χ3n) is 2.86. The van der Waals surface area contributed by atoms with Crippen molar-refractivity contribution in [3.8, 4) is 0 Å². The van der Waals surface area contributed by atoms with Crippen LogP contribution in [0.3, 0.4) is 0 Å². The molecule has 0 aliphatic heterocycles. The molecule has 104 valence electrons. The van der Waals surface area contributed by atoms with Crippen molar-refractivity contribution in [3.05, 3.63) is 68.7 Å². The van der Waals surface area contributed by atoms with Crippen LogP contribution in [0.2, 0.25) is 5.02 Å². The van der Waals surface area contributed by atoms with Crippen LogP contribution >= 0.6 is 27.5 Å². The summed E-state index contributed by atoms with van der Waals surface area (Å²) in [6.45, 7) is 0. The number of hydrogen-bond acceptors (Lipinski definition) is 1. The quantitative estimate of drug-likeness (QED) is 0.721. The van der Waals surface area contributed by atoms with E-state index in [1.807, 2.05) is 0 Å². The van der Waals surface area contributed by atoms with Gasteiger partial charge < -0.3 is 0 Å². The van der Waals surface area contributed by atoms with E-state index >= 15 is 0 Å². The van der Waals surface area contributed by atoms with E-state index < -0.39 is 11.6 Å². The van der Waals surface area contributed by atoms with E-state index in [1.54, 1.807) is 24.3 Å². The van der Waals surface area contributed by atoms with Gasteiger partial charge in [0.2, 0.25) is 0 Å². The highest BCUT2D eigenvalue weighted by molar-refractivity contribution is 9.10. The minimum absolute atomic E-state index is 0.0467. The highest BCUT2D eigenvalue weighted by atomic mass is 79.9. The number of carbonyl (C=O) groups is 1. The Morgan fingerprint density at radius 3 is 2.50 bits per heavy atom. The lowest BCUT2D eigenvalue weighted by Gasteiger charge is -2.07. The van der Waals surface area contributed by atoms with Crippen LogP contribution in [0, 0.1) is 11.6 Å². The standard InChI is InChI=1S/C15H10BrClF2O/c16-12-5-6-14(18)11(15(12)19)8-10(20)7-9-3-1-2-4-13(9)17/h1-6H,7-8H2. The predicted octanol–water partition coefficient (Wildman–Crippen LogP) is 4.74. The molecule has 0 spiro atoms. The summed E-state index contributed by atoms with van der Waals surface area (Å²) in [5, 5.41) is 0.469. The Kier molecular flexibility index (Phi) is 4.89. The minimum Gasteiger partial charge on any atom is -0.299 e. The summed E-state index contributed by atoms with van der Waals surface area (Å²) in [5.74, 6) is -1.76. The first-order chi connectivity index (χ1) is 9.49. The van der Waals surface area contributed by atoms with Crippen LogP contribution < -0.4 is 0 Å². The highest BCUT2D eigenvalue weighted by Crippen LogP contribution is 2.23. The third kappa shape index (κ3) is 3.44. The average molecular weight is 360 g/mol. The van der Waals surface area contributed by atoms with Crippen LogP contribution in [0.15, 0.2) is 40.9 Å². The van der Waals surface area contributed by atoms with Crippen molar-refractivity contribution < 1.29 is 13.6 Å². The number of Topliss-reactive ketones (excluding diaryl/α,β-unsaturated/α-hetero) is 1. The minimum atomic E-state index is -0.738. The summed E-state index contributed by atoms with van der Waals surface area (Å²) in [7, 11) is 0. The Hall–Kier alpha value is -1.26. The summed E-state index contributed by atoms with van der Waals surface area (Å²) in [6.07, 6.45) is -0.257. The second-order valence-electron chi connectivity index (χ2n) is 4.31. The summed E-state index contributed by atoms with van der Waals surface area (Å²) in [6, 6.07) is 9.30. The Labute approximate surface area is 128 Å². The van der Waals surface area contributed by atoms with Gasteiger partial charge in [0, 0.05) is 23.4 Å². The molecule has 0 amide bonds.